The summed E-state index contributed by atoms with van der Waals surface area (Å²) >= 11 is 0. The molecular formula is C134H82N10O3. The summed E-state index contributed by atoms with van der Waals surface area (Å²) in [6.45, 7) is 0. The van der Waals surface area contributed by atoms with Crippen molar-refractivity contribution in [2.24, 2.45) is 0 Å². The molecule has 147 heavy (non-hydrogen) atoms. The second-order valence-electron chi connectivity index (χ2n) is 38.0. The normalized spacial score (nSPS) is 12.6. The van der Waals surface area contributed by atoms with Crippen LogP contribution in [0.15, 0.2) is 473 Å². The molecule has 0 N–H and O–H groups in total. The molecule has 0 amide bonds. The van der Waals surface area contributed by atoms with Gasteiger partial charge in [-0.1, -0.05) is 334 Å². The van der Waals surface area contributed by atoms with Gasteiger partial charge in [-0.15, -0.1) is 0 Å². The summed E-state index contributed by atoms with van der Waals surface area (Å²) in [5.74, 6) is 7.16. The standard InChI is InChI=1S/C54H32N4O.C44H29N3O.C36H21N3O/c1-3-13-34(14-4-1)52-40-20-7-9-22-44(40)55-54(56-52)58-47-29-26-36(35-25-28-46-42(31-35)38-19-8-10-23-45(38)57(46)37-17-5-2-6-18-37)32-43(47)39-27-30-49-51(53(39)58)41-21-11-15-33-16-12-24-48(59-49)50(33)41;1-3-12-28(13-4-1)36-27-37(46-44(45-36)30-14-5-2-6-15-30)31-18-9-19-32(26-31)47-38-22-8-7-20-33(38)34-24-25-40-42(43(34)47)35-21-10-16-29-17-11-23-39(48-40)41(29)35;1-2-10-23(11-3-1)34-26-15-4-6-17-28(26)37-36(38-34)39-29-18-7-5-14-24(29)25-20-21-31-33(35(25)39)27-16-8-12-22-13-9-19-30(40-31)32(22)27/h1-32H;2-3,5-27H,1,4H2;1-21H. The zero-order valence-electron chi connectivity index (χ0n) is 79.1. The van der Waals surface area contributed by atoms with E-state index in [2.05, 4.69) is 437 Å². The lowest BCUT2D eigenvalue weighted by Crippen LogP contribution is -2.05. The molecule has 3 aliphatic heterocycles. The van der Waals surface area contributed by atoms with Gasteiger partial charge in [-0.25, -0.2) is 29.9 Å². The summed E-state index contributed by atoms with van der Waals surface area (Å²) in [4.78, 5) is 31.4. The topological polar surface area (TPSA) is 125 Å². The van der Waals surface area contributed by atoms with Crippen LogP contribution in [0, 0.1) is 0 Å². The smallest absolute Gasteiger partial charge is 0.235 e. The van der Waals surface area contributed by atoms with Gasteiger partial charge in [-0.2, -0.15) is 0 Å². The van der Waals surface area contributed by atoms with Gasteiger partial charge in [0.1, 0.15) is 34.5 Å². The Labute approximate surface area is 842 Å². The van der Waals surface area contributed by atoms with Crippen molar-refractivity contribution >= 4 is 147 Å². The van der Waals surface area contributed by atoms with Crippen LogP contribution in [0.1, 0.15) is 18.5 Å². The lowest BCUT2D eigenvalue weighted by atomic mass is 9.93. The molecule has 28 aromatic rings. The van der Waals surface area contributed by atoms with Crippen molar-refractivity contribution in [3.8, 4) is 147 Å². The number of fused-ring (bicyclic) bond motifs is 23. The zero-order valence-corrected chi connectivity index (χ0v) is 79.1. The molecule has 0 unspecified atom stereocenters. The van der Waals surface area contributed by atoms with Crippen molar-refractivity contribution in [1.29, 1.82) is 0 Å². The number of para-hydroxylation sites is 6. The highest BCUT2D eigenvalue weighted by molar-refractivity contribution is 6.23. The quantitative estimate of drug-likeness (QED) is 0.132. The first-order valence-corrected chi connectivity index (χ1v) is 49.9. The molecular weight excluding hydrogens is 1800 g/mol. The highest BCUT2D eigenvalue weighted by Gasteiger charge is 2.33. The Hall–Kier alpha value is -19.8. The highest BCUT2D eigenvalue weighted by Crippen LogP contribution is 2.57. The van der Waals surface area contributed by atoms with Gasteiger partial charge in [0.15, 0.2) is 5.82 Å². The third kappa shape index (κ3) is 13.3. The predicted molar refractivity (Wildman–Crippen MR) is 601 cm³/mol. The summed E-state index contributed by atoms with van der Waals surface area (Å²) in [5.41, 5.74) is 30.8. The molecule has 686 valence electrons. The van der Waals surface area contributed by atoms with Crippen LogP contribution in [0.25, 0.3) is 260 Å². The number of hydrogen-bond acceptors (Lipinski definition) is 9. The second-order valence-corrected chi connectivity index (χ2v) is 38.0. The summed E-state index contributed by atoms with van der Waals surface area (Å²) in [7, 11) is 0. The Bertz CT molecular complexity index is 10500. The van der Waals surface area contributed by atoms with Crippen molar-refractivity contribution in [1.82, 2.24) is 48.2 Å². The van der Waals surface area contributed by atoms with E-state index in [0.29, 0.717) is 11.9 Å². The number of hydrogen-bond donors (Lipinski definition) is 0. The third-order valence-corrected chi connectivity index (χ3v) is 29.7. The maximum atomic E-state index is 6.75. The van der Waals surface area contributed by atoms with Crippen LogP contribution < -0.4 is 14.2 Å². The Balaban J connectivity index is 0.000000104. The van der Waals surface area contributed by atoms with E-state index in [9.17, 15) is 0 Å². The van der Waals surface area contributed by atoms with E-state index in [0.717, 1.165) is 257 Å². The molecule has 32 rings (SSSR count). The third-order valence-electron chi connectivity index (χ3n) is 29.7. The molecule has 10 heterocycles. The molecule has 7 aromatic heterocycles. The minimum absolute atomic E-state index is 0.616. The van der Waals surface area contributed by atoms with Crippen LogP contribution in [0.4, 0.5) is 0 Å². The van der Waals surface area contributed by atoms with E-state index in [1.807, 2.05) is 54.6 Å². The van der Waals surface area contributed by atoms with Gasteiger partial charge in [-0.3, -0.25) is 9.13 Å². The van der Waals surface area contributed by atoms with Crippen molar-refractivity contribution in [2.75, 3.05) is 0 Å². The van der Waals surface area contributed by atoms with E-state index in [1.54, 1.807) is 0 Å². The molecule has 0 radical (unpaired) electrons. The maximum Gasteiger partial charge on any atom is 0.235 e. The van der Waals surface area contributed by atoms with Crippen molar-refractivity contribution in [3.63, 3.8) is 0 Å². The molecule has 0 bridgehead atoms. The van der Waals surface area contributed by atoms with Crippen LogP contribution in [0.3, 0.4) is 0 Å². The average molecular weight is 1880 g/mol. The molecule has 1 aliphatic carbocycles. The van der Waals surface area contributed by atoms with Gasteiger partial charge in [0, 0.05) is 109 Å². The van der Waals surface area contributed by atoms with Gasteiger partial charge in [0.2, 0.25) is 11.9 Å². The van der Waals surface area contributed by atoms with Crippen LogP contribution in [-0.4, -0.2) is 48.2 Å². The second kappa shape index (κ2) is 33.5. The zero-order chi connectivity index (χ0) is 96.4. The lowest BCUT2D eigenvalue weighted by Gasteiger charge is -2.23. The monoisotopic (exact) mass is 1880 g/mol. The SMILES string of the molecule is C1=CC(c2cc(-c3cccc(-n4c5ccccc5c5ccc6c(c54)-c4cccc5cccc(c45)O6)c3)nc(-c3ccccc3)n2)=CCC1.c1ccc(-c2nc(-n3c4ccc(-c5ccc6c(c5)c5ccccc5n6-c5ccccc5)cc4c4ccc5c(c43)-c3cccc4cccc(c34)O5)nc3ccccc23)cc1.c1ccc(-c2nc(-n3c4ccccc4c4ccc5c(c43)-c3cccc4cccc(c34)O5)nc3ccccc23)cc1. The molecule has 0 spiro atoms. The summed E-state index contributed by atoms with van der Waals surface area (Å²) in [6, 6.07) is 160. The van der Waals surface area contributed by atoms with E-state index >= 15 is 0 Å². The lowest BCUT2D eigenvalue weighted by molar-refractivity contribution is 0.487. The van der Waals surface area contributed by atoms with Gasteiger partial charge in [0.25, 0.3) is 0 Å². The molecule has 13 nitrogen and oxygen atoms in total. The van der Waals surface area contributed by atoms with E-state index < -0.39 is 0 Å². The van der Waals surface area contributed by atoms with Crippen LogP contribution in [-0.2, 0) is 0 Å². The predicted octanol–water partition coefficient (Wildman–Crippen LogP) is 35.0. The summed E-state index contributed by atoms with van der Waals surface area (Å²) in [6.07, 6.45) is 8.76. The van der Waals surface area contributed by atoms with Crippen molar-refractivity contribution in [3.05, 3.63) is 479 Å². The molecule has 13 heteroatoms. The van der Waals surface area contributed by atoms with Gasteiger partial charge < -0.3 is 23.3 Å². The van der Waals surface area contributed by atoms with Crippen molar-refractivity contribution in [2.45, 2.75) is 12.8 Å². The molecule has 0 atom stereocenters. The summed E-state index contributed by atoms with van der Waals surface area (Å²) in [5, 5.41) is 18.3. The fourth-order valence-electron chi connectivity index (χ4n) is 23.3. The van der Waals surface area contributed by atoms with Crippen LogP contribution >= 0.6 is 0 Å². The van der Waals surface area contributed by atoms with Crippen LogP contribution in [0.2, 0.25) is 0 Å². The van der Waals surface area contributed by atoms with E-state index in [1.165, 1.54) is 43.5 Å². The van der Waals surface area contributed by atoms with Gasteiger partial charge in [0.05, 0.1) is 89.1 Å². The number of nitrogens with zero attached hydrogens (tertiary/aromatic N) is 10. The fourth-order valence-corrected chi connectivity index (χ4v) is 23.3. The van der Waals surface area contributed by atoms with Gasteiger partial charge >= 0.3 is 0 Å². The minimum Gasteiger partial charge on any atom is -0.456 e. The maximum absolute atomic E-state index is 6.75. The van der Waals surface area contributed by atoms with E-state index in [4.69, 9.17) is 44.1 Å². The first-order chi connectivity index (χ1) is 72.9. The van der Waals surface area contributed by atoms with E-state index in [-0.39, 0.29) is 0 Å². The Morgan fingerprint density at radius 3 is 1.08 bits per heavy atom. The van der Waals surface area contributed by atoms with Crippen LogP contribution in [0.5, 0.6) is 34.5 Å². The number of ether oxygens (including phenoxy) is 3. The molecule has 0 fully saturated rings. The largest absolute Gasteiger partial charge is 0.456 e. The molecule has 0 saturated heterocycles. The number of allylic oxidation sites excluding steroid dienone is 4. The Morgan fingerprint density at radius 2 is 0.592 bits per heavy atom. The number of benzene rings is 21. The first-order valence-electron chi connectivity index (χ1n) is 49.9. The number of aromatic nitrogens is 10. The van der Waals surface area contributed by atoms with Crippen molar-refractivity contribution < 1.29 is 14.2 Å². The number of rotatable bonds is 10. The Kier molecular flexibility index (Phi) is 18.9. The summed E-state index contributed by atoms with van der Waals surface area (Å²) < 4.78 is 29.2. The molecule has 4 aliphatic rings. The Morgan fingerprint density at radius 1 is 0.218 bits per heavy atom. The fraction of sp³-hybridized carbons (Fsp3) is 0.0149. The van der Waals surface area contributed by atoms with Gasteiger partial charge in [-0.05, 0) is 202 Å². The average Bonchev–Trinajstić information content (AvgIpc) is 1.61. The first kappa shape index (κ1) is 83.1. The minimum atomic E-state index is 0.616. The highest BCUT2D eigenvalue weighted by atomic mass is 16.5. The molecule has 0 saturated carbocycles. The molecule has 21 aromatic carbocycles.